The molecule has 16 heavy (non-hydrogen) atoms. The minimum absolute atomic E-state index is 0.686. The highest BCUT2D eigenvalue weighted by Crippen LogP contribution is 2.23. The largest absolute Gasteiger partial charge is 0.397 e. The van der Waals surface area contributed by atoms with E-state index in [-0.39, 0.29) is 0 Å². The summed E-state index contributed by atoms with van der Waals surface area (Å²) in [5.41, 5.74) is 8.45. The molecule has 0 aliphatic rings. The van der Waals surface area contributed by atoms with Gasteiger partial charge in [-0.3, -0.25) is 0 Å². The molecule has 0 fully saturated rings. The van der Waals surface area contributed by atoms with E-state index in [1.807, 2.05) is 31.2 Å². The maximum atomic E-state index is 5.66. The summed E-state index contributed by atoms with van der Waals surface area (Å²) in [6, 6.07) is 9.99. The zero-order chi connectivity index (χ0) is 11.5. The average molecular weight is 325 g/mol. The first-order valence-electron chi connectivity index (χ1n) is 4.90. The van der Waals surface area contributed by atoms with Gasteiger partial charge in [-0.15, -0.1) is 0 Å². The van der Waals surface area contributed by atoms with Crippen molar-refractivity contribution in [2.75, 3.05) is 11.1 Å². The van der Waals surface area contributed by atoms with Crippen molar-refractivity contribution in [1.29, 1.82) is 0 Å². The number of hydrogen-bond acceptors (Lipinski definition) is 3. The molecule has 0 spiro atoms. The molecule has 0 aliphatic heterocycles. The second kappa shape index (κ2) is 4.69. The zero-order valence-electron chi connectivity index (χ0n) is 8.87. The quantitative estimate of drug-likeness (QED) is 0.833. The van der Waals surface area contributed by atoms with Gasteiger partial charge in [0.1, 0.15) is 5.82 Å². The van der Waals surface area contributed by atoms with Crippen molar-refractivity contribution in [2.45, 2.75) is 6.92 Å². The third kappa shape index (κ3) is 2.44. The van der Waals surface area contributed by atoms with Crippen LogP contribution in [0.5, 0.6) is 0 Å². The summed E-state index contributed by atoms with van der Waals surface area (Å²) < 4.78 is 1.16. The molecule has 1 aromatic carbocycles. The molecule has 0 radical (unpaired) electrons. The number of benzene rings is 1. The summed E-state index contributed by atoms with van der Waals surface area (Å²) in [5.74, 6) is 0.846. The Morgan fingerprint density at radius 3 is 2.75 bits per heavy atom. The summed E-state index contributed by atoms with van der Waals surface area (Å²) in [6.45, 7) is 1.99. The Morgan fingerprint density at radius 2 is 2.06 bits per heavy atom. The van der Waals surface area contributed by atoms with Crippen LogP contribution in [0.1, 0.15) is 5.56 Å². The van der Waals surface area contributed by atoms with Crippen LogP contribution in [0.15, 0.2) is 36.5 Å². The van der Waals surface area contributed by atoms with Gasteiger partial charge in [-0.2, -0.15) is 0 Å². The van der Waals surface area contributed by atoms with Gasteiger partial charge in [-0.1, -0.05) is 12.1 Å². The predicted molar refractivity (Wildman–Crippen MR) is 75.8 cm³/mol. The summed E-state index contributed by atoms with van der Waals surface area (Å²) >= 11 is 2.29. The molecule has 4 heteroatoms. The number of nitrogen functional groups attached to an aromatic ring is 1. The third-order valence-electron chi connectivity index (χ3n) is 2.23. The Kier molecular flexibility index (Phi) is 3.28. The van der Waals surface area contributed by atoms with Crippen LogP contribution in [0.3, 0.4) is 0 Å². The van der Waals surface area contributed by atoms with Crippen LogP contribution in [0.2, 0.25) is 0 Å². The van der Waals surface area contributed by atoms with Crippen molar-refractivity contribution in [3.63, 3.8) is 0 Å². The SMILES string of the molecule is Cc1cc(N)cnc1Nc1ccccc1I. The first-order chi connectivity index (χ1) is 7.66. The second-order valence-corrected chi connectivity index (χ2v) is 4.70. The second-order valence-electron chi connectivity index (χ2n) is 3.54. The Bertz CT molecular complexity index is 511. The van der Waals surface area contributed by atoms with E-state index in [9.17, 15) is 0 Å². The molecule has 1 aromatic heterocycles. The van der Waals surface area contributed by atoms with Gasteiger partial charge < -0.3 is 11.1 Å². The zero-order valence-corrected chi connectivity index (χ0v) is 11.0. The minimum Gasteiger partial charge on any atom is -0.397 e. The number of rotatable bonds is 2. The number of nitrogens with zero attached hydrogens (tertiary/aromatic N) is 1. The molecular formula is C12H12IN3. The van der Waals surface area contributed by atoms with Crippen LogP contribution in [0, 0.1) is 10.5 Å². The number of hydrogen-bond donors (Lipinski definition) is 2. The molecule has 2 aromatic rings. The van der Waals surface area contributed by atoms with Crippen LogP contribution < -0.4 is 11.1 Å². The lowest BCUT2D eigenvalue weighted by molar-refractivity contribution is 1.26. The van der Waals surface area contributed by atoms with Gasteiger partial charge in [-0.25, -0.2) is 4.98 Å². The fraction of sp³-hybridized carbons (Fsp3) is 0.0833. The maximum absolute atomic E-state index is 5.66. The fourth-order valence-electron chi connectivity index (χ4n) is 1.42. The lowest BCUT2D eigenvalue weighted by Crippen LogP contribution is -1.99. The number of anilines is 3. The summed E-state index contributed by atoms with van der Waals surface area (Å²) in [5, 5.41) is 3.29. The van der Waals surface area contributed by atoms with E-state index in [0.717, 1.165) is 20.6 Å². The monoisotopic (exact) mass is 325 g/mol. The highest BCUT2D eigenvalue weighted by Gasteiger charge is 2.03. The Hall–Kier alpha value is -1.30. The average Bonchev–Trinajstić information content (AvgIpc) is 2.25. The van der Waals surface area contributed by atoms with Crippen LogP contribution in [0.4, 0.5) is 17.2 Å². The van der Waals surface area contributed by atoms with Crippen molar-refractivity contribution in [1.82, 2.24) is 4.98 Å². The first-order valence-corrected chi connectivity index (χ1v) is 5.98. The normalized spacial score (nSPS) is 10.1. The number of aryl methyl sites for hydroxylation is 1. The summed E-state index contributed by atoms with van der Waals surface area (Å²) in [4.78, 5) is 4.27. The standard InChI is InChI=1S/C12H12IN3/c1-8-6-9(14)7-15-12(8)16-11-5-3-2-4-10(11)13/h2-7H,14H2,1H3,(H,15,16). The molecule has 82 valence electrons. The Labute approximate surface area is 108 Å². The van der Waals surface area contributed by atoms with Crippen LogP contribution in [-0.4, -0.2) is 4.98 Å². The predicted octanol–water partition coefficient (Wildman–Crippen LogP) is 3.32. The topological polar surface area (TPSA) is 50.9 Å². The van der Waals surface area contributed by atoms with Crippen LogP contribution in [0.25, 0.3) is 0 Å². The number of para-hydroxylation sites is 1. The molecule has 0 aliphatic carbocycles. The molecular weight excluding hydrogens is 313 g/mol. The molecule has 0 saturated carbocycles. The van der Waals surface area contributed by atoms with Gasteiger partial charge in [0.05, 0.1) is 17.6 Å². The maximum Gasteiger partial charge on any atom is 0.133 e. The molecule has 2 rings (SSSR count). The van der Waals surface area contributed by atoms with E-state index in [4.69, 9.17) is 5.73 Å². The number of halogens is 1. The van der Waals surface area contributed by atoms with E-state index in [0.29, 0.717) is 5.69 Å². The Morgan fingerprint density at radius 1 is 1.31 bits per heavy atom. The lowest BCUT2D eigenvalue weighted by Gasteiger charge is -2.10. The van der Waals surface area contributed by atoms with E-state index >= 15 is 0 Å². The highest BCUT2D eigenvalue weighted by molar-refractivity contribution is 14.1. The highest BCUT2D eigenvalue weighted by atomic mass is 127. The molecule has 0 amide bonds. The molecule has 3 nitrogen and oxygen atoms in total. The van der Waals surface area contributed by atoms with E-state index in [1.54, 1.807) is 6.20 Å². The van der Waals surface area contributed by atoms with E-state index < -0.39 is 0 Å². The van der Waals surface area contributed by atoms with Gasteiger partial charge in [0.15, 0.2) is 0 Å². The van der Waals surface area contributed by atoms with Gasteiger partial charge >= 0.3 is 0 Å². The molecule has 0 bridgehead atoms. The van der Waals surface area contributed by atoms with Gasteiger partial charge in [0, 0.05) is 3.57 Å². The van der Waals surface area contributed by atoms with Gasteiger partial charge in [0.25, 0.3) is 0 Å². The molecule has 1 heterocycles. The van der Waals surface area contributed by atoms with Gasteiger partial charge in [0.2, 0.25) is 0 Å². The summed E-state index contributed by atoms with van der Waals surface area (Å²) in [6.07, 6.45) is 1.66. The number of pyridine rings is 1. The smallest absolute Gasteiger partial charge is 0.133 e. The van der Waals surface area contributed by atoms with Crippen LogP contribution in [-0.2, 0) is 0 Å². The number of aromatic nitrogens is 1. The molecule has 0 unspecified atom stereocenters. The summed E-state index contributed by atoms with van der Waals surface area (Å²) in [7, 11) is 0. The fourth-order valence-corrected chi connectivity index (χ4v) is 1.94. The number of nitrogens with two attached hydrogens (primary N) is 1. The molecule has 0 atom stereocenters. The van der Waals surface area contributed by atoms with Crippen molar-refractivity contribution < 1.29 is 0 Å². The van der Waals surface area contributed by atoms with E-state index in [2.05, 4.69) is 39.0 Å². The van der Waals surface area contributed by atoms with Crippen molar-refractivity contribution in [3.8, 4) is 0 Å². The third-order valence-corrected chi connectivity index (χ3v) is 3.17. The van der Waals surface area contributed by atoms with Gasteiger partial charge in [-0.05, 0) is 53.3 Å². The van der Waals surface area contributed by atoms with E-state index in [1.165, 1.54) is 0 Å². The molecule has 3 N–H and O–H groups in total. The molecule has 0 saturated heterocycles. The number of nitrogens with one attached hydrogen (secondary N) is 1. The van der Waals surface area contributed by atoms with Crippen molar-refractivity contribution in [2.24, 2.45) is 0 Å². The first kappa shape index (κ1) is 11.2. The van der Waals surface area contributed by atoms with Crippen LogP contribution >= 0.6 is 22.6 Å². The Balaban J connectivity index is 2.31. The van der Waals surface area contributed by atoms with Crippen molar-refractivity contribution >= 4 is 39.8 Å². The lowest BCUT2D eigenvalue weighted by atomic mass is 10.2. The van der Waals surface area contributed by atoms with Crippen molar-refractivity contribution in [3.05, 3.63) is 45.7 Å². The minimum atomic E-state index is 0.686.